The lowest BCUT2D eigenvalue weighted by Crippen LogP contribution is -1.75. The smallest absolute Gasteiger partial charge is 0.127 e. The molecule has 4 heteroatoms. The molecule has 0 unspecified atom stereocenters. The summed E-state index contributed by atoms with van der Waals surface area (Å²) in [5, 5.41) is 12.7. The van der Waals surface area contributed by atoms with E-state index >= 15 is 0 Å². The number of hydrogen-bond acceptors (Lipinski definition) is 4. The summed E-state index contributed by atoms with van der Waals surface area (Å²) in [6.45, 7) is 0. The molecule has 14 heavy (non-hydrogen) atoms. The maximum atomic E-state index is 9.07. The van der Waals surface area contributed by atoms with Gasteiger partial charge >= 0.3 is 0 Å². The van der Waals surface area contributed by atoms with Crippen molar-refractivity contribution in [2.45, 2.75) is 10.6 Å². The van der Waals surface area contributed by atoms with Crippen LogP contribution in [0.4, 0.5) is 0 Å². The van der Waals surface area contributed by atoms with Gasteiger partial charge in [-0.15, -0.1) is 11.8 Å². The molecule has 0 amide bonds. The van der Waals surface area contributed by atoms with Crippen molar-refractivity contribution in [3.63, 3.8) is 0 Å². The minimum atomic E-state index is 0.291. The molecular weight excluding hydrogens is 198 g/mol. The molecule has 2 rings (SSSR count). The number of benzene rings is 1. The molecule has 0 saturated carbocycles. The second-order valence-electron chi connectivity index (χ2n) is 2.82. The van der Waals surface area contributed by atoms with E-state index in [9.17, 15) is 0 Å². The molecule has 0 spiro atoms. The first-order chi connectivity index (χ1) is 6.84. The predicted octanol–water partition coefficient (Wildman–Crippen LogP) is 2.67. The van der Waals surface area contributed by atoms with Crippen LogP contribution < -0.4 is 0 Å². The highest BCUT2D eigenvalue weighted by molar-refractivity contribution is 7.98. The molecule has 0 saturated heterocycles. The highest BCUT2D eigenvalue weighted by Gasteiger charge is 1.98. The second-order valence-corrected chi connectivity index (χ2v) is 3.86. The van der Waals surface area contributed by atoms with Crippen molar-refractivity contribution < 1.29 is 9.63 Å². The second kappa shape index (κ2) is 4.19. The molecule has 1 aromatic heterocycles. The van der Waals surface area contributed by atoms with E-state index in [1.54, 1.807) is 36.4 Å². The third-order valence-electron chi connectivity index (χ3n) is 1.73. The lowest BCUT2D eigenvalue weighted by atomic mass is 10.3. The zero-order chi connectivity index (χ0) is 9.80. The van der Waals surface area contributed by atoms with Gasteiger partial charge in [0.15, 0.2) is 0 Å². The van der Waals surface area contributed by atoms with Crippen LogP contribution in [0.5, 0.6) is 5.75 Å². The third-order valence-corrected chi connectivity index (χ3v) is 2.81. The molecule has 0 aliphatic carbocycles. The van der Waals surface area contributed by atoms with Gasteiger partial charge in [-0.25, -0.2) is 0 Å². The fraction of sp³-hybridized carbons (Fsp3) is 0.100. The van der Waals surface area contributed by atoms with Crippen molar-refractivity contribution >= 4 is 11.8 Å². The van der Waals surface area contributed by atoms with Crippen LogP contribution in [-0.4, -0.2) is 10.3 Å². The minimum Gasteiger partial charge on any atom is -0.508 e. The average Bonchev–Trinajstić information content (AvgIpc) is 2.70. The fourth-order valence-corrected chi connectivity index (χ4v) is 1.81. The summed E-state index contributed by atoms with van der Waals surface area (Å²) >= 11 is 1.68. The average molecular weight is 207 g/mol. The van der Waals surface area contributed by atoms with Crippen LogP contribution in [-0.2, 0) is 5.75 Å². The Hall–Kier alpha value is -1.42. The Balaban J connectivity index is 1.95. The number of phenolic OH excluding ortho intramolecular Hbond substituents is 1. The van der Waals surface area contributed by atoms with Crippen LogP contribution in [0.2, 0.25) is 0 Å². The first kappa shape index (κ1) is 9.15. The first-order valence-corrected chi connectivity index (χ1v) is 5.13. The predicted molar refractivity (Wildman–Crippen MR) is 54.2 cm³/mol. The number of aromatic nitrogens is 1. The normalized spacial score (nSPS) is 10.3. The summed E-state index contributed by atoms with van der Waals surface area (Å²) in [6, 6.07) is 7.12. The standard InChI is InChI=1S/C10H9NO2S/c12-9-1-3-10(4-2-9)14-7-8-5-11-13-6-8/h1-6,12H,7H2. The molecule has 72 valence electrons. The maximum Gasteiger partial charge on any atom is 0.127 e. The maximum absolute atomic E-state index is 9.07. The van der Waals surface area contributed by atoms with Crippen LogP contribution in [0.15, 0.2) is 46.1 Å². The van der Waals surface area contributed by atoms with Crippen LogP contribution in [0.3, 0.4) is 0 Å². The van der Waals surface area contributed by atoms with Crippen LogP contribution in [0.25, 0.3) is 0 Å². The molecule has 2 aromatic rings. The zero-order valence-corrected chi connectivity index (χ0v) is 8.20. The van der Waals surface area contributed by atoms with Gasteiger partial charge in [-0.05, 0) is 24.3 Å². The third kappa shape index (κ3) is 2.29. The first-order valence-electron chi connectivity index (χ1n) is 4.15. The Kier molecular flexibility index (Phi) is 2.74. The Morgan fingerprint density at radius 3 is 2.71 bits per heavy atom. The van der Waals surface area contributed by atoms with Gasteiger partial charge in [0.2, 0.25) is 0 Å². The molecule has 0 fully saturated rings. The van der Waals surface area contributed by atoms with E-state index in [0.717, 1.165) is 16.2 Å². The van der Waals surface area contributed by atoms with E-state index in [1.165, 1.54) is 0 Å². The van der Waals surface area contributed by atoms with Gasteiger partial charge in [0, 0.05) is 16.2 Å². The van der Waals surface area contributed by atoms with Crippen LogP contribution in [0.1, 0.15) is 5.56 Å². The van der Waals surface area contributed by atoms with Gasteiger partial charge in [0.25, 0.3) is 0 Å². The number of phenols is 1. The molecule has 0 atom stereocenters. The summed E-state index contributed by atoms with van der Waals surface area (Å²) in [5.41, 5.74) is 1.06. The van der Waals surface area contributed by atoms with Gasteiger partial charge in [-0.2, -0.15) is 0 Å². The van der Waals surface area contributed by atoms with Gasteiger partial charge in [0.1, 0.15) is 12.0 Å². The Morgan fingerprint density at radius 2 is 2.07 bits per heavy atom. The number of aromatic hydroxyl groups is 1. The van der Waals surface area contributed by atoms with E-state index in [0.29, 0.717) is 5.75 Å². The highest BCUT2D eigenvalue weighted by Crippen LogP contribution is 2.24. The Bertz CT molecular complexity index is 383. The monoisotopic (exact) mass is 207 g/mol. The fourth-order valence-electron chi connectivity index (χ4n) is 1.01. The molecule has 1 heterocycles. The van der Waals surface area contributed by atoms with E-state index in [2.05, 4.69) is 5.16 Å². The van der Waals surface area contributed by atoms with Crippen molar-refractivity contribution in [3.8, 4) is 5.75 Å². The van der Waals surface area contributed by atoms with Crippen molar-refractivity contribution in [1.82, 2.24) is 5.16 Å². The van der Waals surface area contributed by atoms with Gasteiger partial charge in [-0.3, -0.25) is 0 Å². The summed E-state index contributed by atoms with van der Waals surface area (Å²) in [4.78, 5) is 1.11. The topological polar surface area (TPSA) is 46.3 Å². The van der Waals surface area contributed by atoms with E-state index in [4.69, 9.17) is 9.63 Å². The molecule has 1 N–H and O–H groups in total. The van der Waals surface area contributed by atoms with Gasteiger partial charge < -0.3 is 9.63 Å². The number of thioether (sulfide) groups is 1. The largest absolute Gasteiger partial charge is 0.508 e. The lowest BCUT2D eigenvalue weighted by Gasteiger charge is -1.98. The molecule has 0 bridgehead atoms. The Morgan fingerprint density at radius 1 is 1.29 bits per heavy atom. The molecule has 3 nitrogen and oxygen atoms in total. The Labute approximate surface area is 85.7 Å². The van der Waals surface area contributed by atoms with E-state index in [1.807, 2.05) is 12.1 Å². The molecule has 0 aliphatic rings. The molecule has 1 aromatic carbocycles. The van der Waals surface area contributed by atoms with Crippen molar-refractivity contribution in [3.05, 3.63) is 42.3 Å². The van der Waals surface area contributed by atoms with Gasteiger partial charge in [0.05, 0.1) is 6.20 Å². The number of hydrogen-bond donors (Lipinski definition) is 1. The number of nitrogens with zero attached hydrogens (tertiary/aromatic N) is 1. The van der Waals surface area contributed by atoms with Crippen molar-refractivity contribution in [1.29, 1.82) is 0 Å². The SMILES string of the molecule is Oc1ccc(SCc2cnoc2)cc1. The molecular formula is C10H9NO2S. The quantitative estimate of drug-likeness (QED) is 0.786. The summed E-state index contributed by atoms with van der Waals surface area (Å²) in [6.07, 6.45) is 3.33. The van der Waals surface area contributed by atoms with Crippen molar-refractivity contribution in [2.24, 2.45) is 0 Å². The van der Waals surface area contributed by atoms with E-state index in [-0.39, 0.29) is 0 Å². The minimum absolute atomic E-state index is 0.291. The lowest BCUT2D eigenvalue weighted by molar-refractivity contribution is 0.419. The number of rotatable bonds is 3. The van der Waals surface area contributed by atoms with Crippen molar-refractivity contribution in [2.75, 3.05) is 0 Å². The van der Waals surface area contributed by atoms with E-state index < -0.39 is 0 Å². The molecule has 0 aliphatic heterocycles. The summed E-state index contributed by atoms with van der Waals surface area (Å²) in [7, 11) is 0. The van der Waals surface area contributed by atoms with Crippen LogP contribution >= 0.6 is 11.8 Å². The zero-order valence-electron chi connectivity index (χ0n) is 7.38. The highest BCUT2D eigenvalue weighted by atomic mass is 32.2. The van der Waals surface area contributed by atoms with Crippen LogP contribution in [0, 0.1) is 0 Å². The summed E-state index contributed by atoms with van der Waals surface area (Å²) in [5.74, 6) is 1.12. The van der Waals surface area contributed by atoms with Gasteiger partial charge in [-0.1, -0.05) is 5.16 Å². The molecule has 0 radical (unpaired) electrons. The summed E-state index contributed by atoms with van der Waals surface area (Å²) < 4.78 is 4.72.